The Hall–Kier alpha value is -2.32. The molecule has 1 aliphatic heterocycles. The second kappa shape index (κ2) is 5.15. The minimum atomic E-state index is -0.708. The lowest BCUT2D eigenvalue weighted by Crippen LogP contribution is -2.37. The van der Waals surface area contributed by atoms with Crippen LogP contribution in [-0.4, -0.2) is 45.0 Å². The summed E-state index contributed by atoms with van der Waals surface area (Å²) in [6, 6.07) is -0.496. The van der Waals surface area contributed by atoms with Crippen molar-refractivity contribution in [2.45, 2.75) is 31.4 Å². The van der Waals surface area contributed by atoms with E-state index in [4.69, 9.17) is 5.53 Å². The van der Waals surface area contributed by atoms with Gasteiger partial charge in [0.2, 0.25) is 5.82 Å². The maximum atomic E-state index is 11.2. The van der Waals surface area contributed by atoms with Crippen LogP contribution >= 0.6 is 0 Å². The Bertz CT molecular complexity index is 647. The van der Waals surface area contributed by atoms with Crippen LogP contribution in [0.2, 0.25) is 0 Å². The first-order valence-corrected chi connectivity index (χ1v) is 7.12. The molecule has 0 amide bonds. The van der Waals surface area contributed by atoms with E-state index >= 15 is 0 Å². The van der Waals surface area contributed by atoms with E-state index in [1.807, 2.05) is 4.90 Å². The van der Waals surface area contributed by atoms with Crippen LogP contribution in [-0.2, 0) is 7.05 Å². The van der Waals surface area contributed by atoms with E-state index in [-0.39, 0.29) is 11.1 Å². The van der Waals surface area contributed by atoms with Gasteiger partial charge in [0.05, 0.1) is 17.1 Å². The van der Waals surface area contributed by atoms with Gasteiger partial charge < -0.3 is 10.0 Å². The van der Waals surface area contributed by atoms with Gasteiger partial charge in [-0.2, -0.15) is 5.10 Å². The highest BCUT2D eigenvalue weighted by molar-refractivity contribution is 5.58. The molecular formula is C12H17N7O3. The number of aryl methyl sites for hydroxylation is 1. The highest BCUT2D eigenvalue weighted by Gasteiger charge is 2.54. The largest absolute Gasteiger partial charge is 0.392 e. The normalized spacial score (nSPS) is 26.4. The van der Waals surface area contributed by atoms with Gasteiger partial charge in [-0.15, -0.1) is 0 Å². The van der Waals surface area contributed by atoms with Gasteiger partial charge in [-0.25, -0.2) is 4.68 Å². The molecule has 0 radical (unpaired) electrons. The van der Waals surface area contributed by atoms with Crippen molar-refractivity contribution < 1.29 is 10.0 Å². The number of aliphatic hydroxyl groups is 1. The molecule has 22 heavy (non-hydrogen) atoms. The van der Waals surface area contributed by atoms with Crippen LogP contribution in [0.25, 0.3) is 10.4 Å². The molecule has 118 valence electrons. The molecule has 2 aliphatic rings. The van der Waals surface area contributed by atoms with Crippen molar-refractivity contribution in [3.05, 3.63) is 26.8 Å². The third-order valence-corrected chi connectivity index (χ3v) is 4.67. The van der Waals surface area contributed by atoms with Crippen molar-refractivity contribution in [3.8, 4) is 0 Å². The van der Waals surface area contributed by atoms with E-state index in [1.165, 1.54) is 10.9 Å². The predicted molar refractivity (Wildman–Crippen MR) is 77.3 cm³/mol. The zero-order valence-electron chi connectivity index (χ0n) is 12.2. The second-order valence-corrected chi connectivity index (χ2v) is 6.02. The van der Waals surface area contributed by atoms with Gasteiger partial charge in [-0.3, -0.25) is 10.1 Å². The third-order valence-electron chi connectivity index (χ3n) is 4.67. The first-order valence-electron chi connectivity index (χ1n) is 7.12. The van der Waals surface area contributed by atoms with Crippen LogP contribution in [0.15, 0.2) is 11.3 Å². The summed E-state index contributed by atoms with van der Waals surface area (Å²) >= 11 is 0. The summed E-state index contributed by atoms with van der Waals surface area (Å²) in [4.78, 5) is 15.4. The van der Waals surface area contributed by atoms with Crippen molar-refractivity contribution in [3.63, 3.8) is 0 Å². The fraction of sp³-hybridized carbons (Fsp3) is 0.750. The maximum absolute atomic E-state index is 11.2. The molecule has 2 atom stereocenters. The summed E-state index contributed by atoms with van der Waals surface area (Å²) in [5.41, 5.74) is 8.27. The smallest absolute Gasteiger partial charge is 0.331 e. The van der Waals surface area contributed by atoms with Crippen molar-refractivity contribution in [1.82, 2.24) is 9.78 Å². The lowest BCUT2D eigenvalue weighted by molar-refractivity contribution is -0.384. The van der Waals surface area contributed by atoms with Crippen LogP contribution in [0.5, 0.6) is 0 Å². The molecular weight excluding hydrogens is 290 g/mol. The number of aromatic nitrogens is 2. The number of nitro groups is 1. The third kappa shape index (κ3) is 2.26. The first-order chi connectivity index (χ1) is 10.5. The number of hydrogen-bond donors (Lipinski definition) is 1. The number of hydrogen-bond acceptors (Lipinski definition) is 6. The van der Waals surface area contributed by atoms with Crippen LogP contribution in [0, 0.1) is 15.5 Å². The van der Waals surface area contributed by atoms with Gasteiger partial charge in [-0.1, -0.05) is 5.11 Å². The zero-order valence-corrected chi connectivity index (χ0v) is 12.2. The molecule has 2 heterocycles. The van der Waals surface area contributed by atoms with Gasteiger partial charge in [-0.05, 0) is 24.8 Å². The van der Waals surface area contributed by atoms with Gasteiger partial charge in [0.25, 0.3) is 0 Å². The fourth-order valence-corrected chi connectivity index (χ4v) is 3.30. The average Bonchev–Trinajstić information content (AvgIpc) is 3.18. The highest BCUT2D eigenvalue weighted by atomic mass is 16.6. The maximum Gasteiger partial charge on any atom is 0.331 e. The van der Waals surface area contributed by atoms with Crippen LogP contribution in [0.1, 0.15) is 19.3 Å². The number of nitrogens with zero attached hydrogens (tertiary/aromatic N) is 7. The summed E-state index contributed by atoms with van der Waals surface area (Å²) < 4.78 is 1.48. The van der Waals surface area contributed by atoms with E-state index in [2.05, 4.69) is 15.1 Å². The van der Waals surface area contributed by atoms with Gasteiger partial charge in [0.1, 0.15) is 6.20 Å². The summed E-state index contributed by atoms with van der Waals surface area (Å²) in [6.07, 6.45) is 2.64. The summed E-state index contributed by atoms with van der Waals surface area (Å²) in [5.74, 6) is 0.435. The average molecular weight is 307 g/mol. The second-order valence-electron chi connectivity index (χ2n) is 6.02. The molecule has 1 aromatic heterocycles. The van der Waals surface area contributed by atoms with E-state index in [0.717, 1.165) is 12.8 Å². The molecule has 0 unspecified atom stereocenters. The van der Waals surface area contributed by atoms with E-state index in [0.29, 0.717) is 25.3 Å². The molecule has 10 heteroatoms. The Morgan fingerprint density at radius 3 is 2.95 bits per heavy atom. The number of rotatable bonds is 3. The molecule has 2 fully saturated rings. The Morgan fingerprint density at radius 1 is 1.64 bits per heavy atom. The first kappa shape index (κ1) is 14.6. The zero-order chi connectivity index (χ0) is 15.9. The lowest BCUT2D eigenvalue weighted by Gasteiger charge is -2.27. The van der Waals surface area contributed by atoms with Crippen molar-refractivity contribution in [1.29, 1.82) is 0 Å². The predicted octanol–water partition coefficient (Wildman–Crippen LogP) is 1.36. The molecule has 1 saturated heterocycles. The highest BCUT2D eigenvalue weighted by Crippen LogP contribution is 2.53. The van der Waals surface area contributed by atoms with Crippen LogP contribution in [0.3, 0.4) is 0 Å². The molecule has 1 saturated carbocycles. The fourth-order valence-electron chi connectivity index (χ4n) is 3.30. The summed E-state index contributed by atoms with van der Waals surface area (Å²) in [5, 5.41) is 29.3. The van der Waals surface area contributed by atoms with Crippen molar-refractivity contribution in [2.75, 3.05) is 18.0 Å². The standard InChI is InChI=1S/C12H17N7O3/c1-17-11(9(6-14-17)19(21)22)18-5-2-8(15-16-13)10(20)12(7-18)3-4-12/h6,8,10,20H,2-5,7H2,1H3/t8-,10+/m1/s1. The van der Waals surface area contributed by atoms with E-state index < -0.39 is 17.1 Å². The Kier molecular flexibility index (Phi) is 3.42. The number of anilines is 1. The van der Waals surface area contributed by atoms with Crippen molar-refractivity contribution >= 4 is 11.5 Å². The molecule has 3 rings (SSSR count). The molecule has 1 aromatic rings. The summed E-state index contributed by atoms with van der Waals surface area (Å²) in [6.45, 7) is 0.981. The molecule has 0 bridgehead atoms. The lowest BCUT2D eigenvalue weighted by atomic mass is 9.93. The molecule has 10 nitrogen and oxygen atoms in total. The molecule has 1 aliphatic carbocycles. The molecule has 1 N–H and O–H groups in total. The monoisotopic (exact) mass is 307 g/mol. The topological polar surface area (TPSA) is 133 Å². The van der Waals surface area contributed by atoms with Gasteiger partial charge in [0.15, 0.2) is 0 Å². The van der Waals surface area contributed by atoms with Gasteiger partial charge in [0, 0.05) is 30.5 Å². The minimum absolute atomic E-state index is 0.0463. The van der Waals surface area contributed by atoms with Crippen LogP contribution in [0.4, 0.5) is 11.5 Å². The Labute approximate surface area is 126 Å². The van der Waals surface area contributed by atoms with E-state index in [9.17, 15) is 15.2 Å². The SMILES string of the molecule is Cn1ncc([N+](=O)[O-])c1N1CC[C@@H](N=[N+]=[N-])[C@H](O)C2(CC2)C1. The summed E-state index contributed by atoms with van der Waals surface area (Å²) in [7, 11) is 1.66. The quantitative estimate of drug-likeness (QED) is 0.296. The van der Waals surface area contributed by atoms with Gasteiger partial charge >= 0.3 is 5.69 Å². The van der Waals surface area contributed by atoms with E-state index in [1.54, 1.807) is 7.05 Å². The molecule has 1 spiro atoms. The van der Waals surface area contributed by atoms with Crippen LogP contribution < -0.4 is 4.90 Å². The Balaban J connectivity index is 1.95. The minimum Gasteiger partial charge on any atom is -0.392 e. The number of aliphatic hydroxyl groups excluding tert-OH is 1. The number of azide groups is 1. The van der Waals surface area contributed by atoms with Crippen molar-refractivity contribution in [2.24, 2.45) is 17.6 Å². The Morgan fingerprint density at radius 2 is 2.36 bits per heavy atom. The molecule has 0 aromatic carbocycles.